The number of nitrogens with one attached hydrogen (secondary N) is 2. The number of rotatable bonds is 9. The highest BCUT2D eigenvalue weighted by molar-refractivity contribution is 5.94. The molecule has 8 rings (SSSR count). The number of hydrogen-bond donors (Lipinski definition) is 2. The zero-order valence-electron chi connectivity index (χ0n) is 22.4. The lowest BCUT2D eigenvalue weighted by Crippen LogP contribution is -2.68. The highest BCUT2D eigenvalue weighted by Gasteiger charge is 2.44. The third kappa shape index (κ3) is 4.44. The Kier molecular flexibility index (Phi) is 6.33. The number of ether oxygens (including phenoxy) is 3. The number of piperidine rings is 1. The van der Waals surface area contributed by atoms with Crippen molar-refractivity contribution in [1.29, 1.82) is 0 Å². The van der Waals surface area contributed by atoms with E-state index in [0.717, 1.165) is 47.7 Å². The first-order chi connectivity index (χ1) is 19.7. The molecular weight excluding hydrogens is 510 g/mol. The van der Waals surface area contributed by atoms with Gasteiger partial charge in [0.05, 0.1) is 31.5 Å². The maximum atomic E-state index is 5.94. The van der Waals surface area contributed by atoms with Crippen LogP contribution >= 0.6 is 0 Å². The molecule has 206 valence electrons. The Morgan fingerprint density at radius 1 is 1.00 bits per heavy atom. The van der Waals surface area contributed by atoms with Crippen LogP contribution in [0.2, 0.25) is 0 Å². The van der Waals surface area contributed by atoms with Crippen molar-refractivity contribution in [3.05, 3.63) is 77.7 Å². The SMILES string of the molecule is COCCOC1=CNn2nc3[nH]ncc3c2C(c2ccc(N3CC4CC(C3)N4Cc3ccc(OC)nc3)nc2)=C1. The molecule has 4 aromatic rings. The fraction of sp³-hybridized carbons (Fsp3) is 0.357. The number of piperazine rings is 1. The molecule has 8 heterocycles. The number of methoxy groups -OCH3 is 2. The average molecular weight is 542 g/mol. The maximum Gasteiger partial charge on any atom is 0.212 e. The van der Waals surface area contributed by atoms with Gasteiger partial charge in [0.2, 0.25) is 5.88 Å². The van der Waals surface area contributed by atoms with Crippen LogP contribution < -0.4 is 15.1 Å². The first-order valence-corrected chi connectivity index (χ1v) is 13.4. The van der Waals surface area contributed by atoms with Gasteiger partial charge >= 0.3 is 0 Å². The third-order valence-electron chi connectivity index (χ3n) is 7.81. The van der Waals surface area contributed by atoms with Crippen LogP contribution in [-0.4, -0.2) is 87.6 Å². The monoisotopic (exact) mass is 541 g/mol. The molecule has 40 heavy (non-hydrogen) atoms. The molecule has 4 aliphatic heterocycles. The van der Waals surface area contributed by atoms with Gasteiger partial charge in [-0.1, -0.05) is 6.07 Å². The van der Waals surface area contributed by atoms with Crippen molar-refractivity contribution in [3.8, 4) is 5.88 Å². The number of fused-ring (bicyclic) bond motifs is 5. The van der Waals surface area contributed by atoms with E-state index in [4.69, 9.17) is 19.2 Å². The Bertz CT molecular complexity index is 1550. The summed E-state index contributed by atoms with van der Waals surface area (Å²) in [5.74, 6) is 2.32. The smallest absolute Gasteiger partial charge is 0.212 e. The number of nitrogens with zero attached hydrogens (tertiary/aromatic N) is 7. The van der Waals surface area contributed by atoms with Crippen molar-refractivity contribution in [2.45, 2.75) is 25.0 Å². The number of aromatic nitrogens is 6. The van der Waals surface area contributed by atoms with Crippen LogP contribution in [0.5, 0.6) is 5.88 Å². The largest absolute Gasteiger partial charge is 0.490 e. The number of aromatic amines is 1. The quantitative estimate of drug-likeness (QED) is 0.306. The average Bonchev–Trinajstić information content (AvgIpc) is 3.54. The Morgan fingerprint density at radius 2 is 1.90 bits per heavy atom. The molecule has 0 radical (unpaired) electrons. The second-order valence-corrected chi connectivity index (χ2v) is 10.2. The summed E-state index contributed by atoms with van der Waals surface area (Å²) in [4.78, 5) is 16.0. The molecule has 4 aromatic heterocycles. The van der Waals surface area contributed by atoms with Gasteiger partial charge in [0.1, 0.15) is 23.9 Å². The predicted octanol–water partition coefficient (Wildman–Crippen LogP) is 2.51. The summed E-state index contributed by atoms with van der Waals surface area (Å²) in [5, 5.41) is 12.7. The lowest BCUT2D eigenvalue weighted by Gasteiger charge is -2.56. The Morgan fingerprint density at radius 3 is 2.65 bits per heavy atom. The lowest BCUT2D eigenvalue weighted by molar-refractivity contribution is -0.00877. The van der Waals surface area contributed by atoms with E-state index in [0.29, 0.717) is 42.6 Å². The third-order valence-corrected chi connectivity index (χ3v) is 7.81. The van der Waals surface area contributed by atoms with Crippen LogP contribution in [0.4, 0.5) is 5.82 Å². The Hall–Kier alpha value is -4.42. The van der Waals surface area contributed by atoms with E-state index in [9.17, 15) is 0 Å². The summed E-state index contributed by atoms with van der Waals surface area (Å²) < 4.78 is 16.3. The number of pyridine rings is 2. The van der Waals surface area contributed by atoms with Gasteiger partial charge in [0.15, 0.2) is 5.65 Å². The molecule has 2 N–H and O–H groups in total. The number of hydrogen-bond acceptors (Lipinski definition) is 10. The molecule has 2 atom stereocenters. The fourth-order valence-corrected chi connectivity index (χ4v) is 5.77. The van der Waals surface area contributed by atoms with Crippen molar-refractivity contribution >= 4 is 22.4 Å². The molecule has 0 amide bonds. The first kappa shape index (κ1) is 24.6. The topological polar surface area (TPSA) is 118 Å². The molecule has 4 aliphatic rings. The van der Waals surface area contributed by atoms with Gasteiger partial charge < -0.3 is 19.1 Å². The van der Waals surface area contributed by atoms with Crippen molar-refractivity contribution in [2.24, 2.45) is 0 Å². The maximum absolute atomic E-state index is 5.94. The number of anilines is 1. The van der Waals surface area contributed by atoms with Crippen molar-refractivity contribution in [3.63, 3.8) is 0 Å². The molecule has 0 saturated carbocycles. The Labute approximate surface area is 231 Å². The minimum atomic E-state index is 0.442. The van der Waals surface area contributed by atoms with E-state index in [1.54, 1.807) is 31.4 Å². The van der Waals surface area contributed by atoms with Crippen molar-refractivity contribution in [2.75, 3.05) is 50.8 Å². The van der Waals surface area contributed by atoms with Crippen LogP contribution in [0.1, 0.15) is 23.2 Å². The summed E-state index contributed by atoms with van der Waals surface area (Å²) in [6.45, 7) is 3.77. The van der Waals surface area contributed by atoms with Gasteiger partial charge in [0, 0.05) is 68.4 Å². The molecule has 2 bridgehead atoms. The fourth-order valence-electron chi connectivity index (χ4n) is 5.77. The summed E-state index contributed by atoms with van der Waals surface area (Å²) in [5.41, 5.74) is 7.93. The normalized spacial score (nSPS) is 20.2. The van der Waals surface area contributed by atoms with Crippen LogP contribution in [0.3, 0.4) is 0 Å². The van der Waals surface area contributed by atoms with E-state index < -0.39 is 0 Å². The molecule has 2 unspecified atom stereocenters. The van der Waals surface area contributed by atoms with Gasteiger partial charge in [0.25, 0.3) is 0 Å². The summed E-state index contributed by atoms with van der Waals surface area (Å²) >= 11 is 0. The predicted molar refractivity (Wildman–Crippen MR) is 149 cm³/mol. The minimum Gasteiger partial charge on any atom is -0.490 e. The van der Waals surface area contributed by atoms with Gasteiger partial charge in [-0.3, -0.25) is 15.4 Å². The molecule has 12 nitrogen and oxygen atoms in total. The van der Waals surface area contributed by atoms with E-state index >= 15 is 0 Å². The van der Waals surface area contributed by atoms with E-state index in [2.05, 4.69) is 53.7 Å². The van der Waals surface area contributed by atoms with Gasteiger partial charge in [-0.2, -0.15) is 9.89 Å². The standard InChI is InChI=1S/C28H31N9O3/c1-38-7-8-40-22-10-23(27-24-14-31-33-28(24)34-37(27)32-13-22)19-4-5-25(29-12-19)35-16-20-9-21(17-35)36(20)15-18-3-6-26(39-2)30-11-18/h3-6,10-14,20-21,32H,7-9,15-17H2,1-2H3,(H,33,34). The van der Waals surface area contributed by atoms with E-state index in [-0.39, 0.29) is 0 Å². The molecule has 12 heteroatoms. The summed E-state index contributed by atoms with van der Waals surface area (Å²) in [6.07, 6.45) is 10.7. The van der Waals surface area contributed by atoms with Crippen molar-refractivity contribution < 1.29 is 14.2 Å². The van der Waals surface area contributed by atoms with E-state index in [1.165, 1.54) is 12.0 Å². The highest BCUT2D eigenvalue weighted by Crippen LogP contribution is 2.36. The van der Waals surface area contributed by atoms with E-state index in [1.807, 2.05) is 24.5 Å². The molecule has 3 fully saturated rings. The van der Waals surface area contributed by atoms with Crippen molar-refractivity contribution in [1.82, 2.24) is 35.0 Å². The molecular formula is C28H31N9O3. The number of allylic oxidation sites excluding steroid dienone is 1. The zero-order chi connectivity index (χ0) is 27.1. The van der Waals surface area contributed by atoms with Gasteiger partial charge in [-0.15, -0.1) is 5.10 Å². The zero-order valence-corrected chi connectivity index (χ0v) is 22.4. The van der Waals surface area contributed by atoms with Crippen LogP contribution in [0.15, 0.2) is 60.9 Å². The molecule has 0 aromatic carbocycles. The molecule has 0 spiro atoms. The summed E-state index contributed by atoms with van der Waals surface area (Å²) in [7, 11) is 3.30. The van der Waals surface area contributed by atoms with Crippen LogP contribution in [-0.2, 0) is 16.0 Å². The highest BCUT2D eigenvalue weighted by atomic mass is 16.5. The second-order valence-electron chi connectivity index (χ2n) is 10.2. The minimum absolute atomic E-state index is 0.442. The lowest BCUT2D eigenvalue weighted by atomic mass is 9.87. The Balaban J connectivity index is 1.09. The molecule has 0 aliphatic carbocycles. The van der Waals surface area contributed by atoms with Crippen LogP contribution in [0, 0.1) is 0 Å². The first-order valence-electron chi connectivity index (χ1n) is 13.4. The van der Waals surface area contributed by atoms with Gasteiger partial charge in [-0.05, 0) is 30.2 Å². The van der Waals surface area contributed by atoms with Gasteiger partial charge in [-0.25, -0.2) is 9.97 Å². The number of H-pyrrole nitrogens is 1. The molecule has 3 saturated heterocycles. The second kappa shape index (κ2) is 10.3. The summed E-state index contributed by atoms with van der Waals surface area (Å²) in [6, 6.07) is 9.28. The van der Waals surface area contributed by atoms with Crippen LogP contribution in [0.25, 0.3) is 16.6 Å².